The lowest BCUT2D eigenvalue weighted by Crippen LogP contribution is -2.45. The Morgan fingerprint density at radius 1 is 1.28 bits per heavy atom. The van der Waals surface area contributed by atoms with E-state index in [4.69, 9.17) is 4.74 Å². The van der Waals surface area contributed by atoms with Gasteiger partial charge in [-0.15, -0.1) is 0 Å². The molecule has 25 heavy (non-hydrogen) atoms. The Labute approximate surface area is 148 Å². The quantitative estimate of drug-likeness (QED) is 0.851. The van der Waals surface area contributed by atoms with Crippen LogP contribution in [0.2, 0.25) is 0 Å². The number of pyridine rings is 1. The van der Waals surface area contributed by atoms with Gasteiger partial charge in [0, 0.05) is 51.2 Å². The number of fused-ring (bicyclic) bond motifs is 5. The third-order valence-corrected chi connectivity index (χ3v) is 5.61. The molecule has 2 bridgehead atoms. The Balaban J connectivity index is 1.55. The summed E-state index contributed by atoms with van der Waals surface area (Å²) < 4.78 is 7.24. The molecule has 6 nitrogen and oxygen atoms in total. The fraction of sp³-hybridized carbons (Fsp3) is 0.579. The first kappa shape index (κ1) is 16.5. The topological polar surface area (TPSA) is 50.1 Å². The molecule has 134 valence electrons. The molecule has 0 saturated carbocycles. The lowest BCUT2D eigenvalue weighted by atomic mass is 9.95. The molecule has 0 spiro atoms. The molecule has 0 aromatic carbocycles. The summed E-state index contributed by atoms with van der Waals surface area (Å²) in [6, 6.07) is 6.40. The van der Waals surface area contributed by atoms with E-state index in [2.05, 4.69) is 9.88 Å². The molecule has 3 fully saturated rings. The van der Waals surface area contributed by atoms with E-state index < -0.39 is 0 Å². The SMILES string of the molecule is COCCN1C[C@H]2CC[C@@H]1CN(C(=O)c1cn3c(C)cccc3n1)C2. The molecule has 2 aromatic rings. The van der Waals surface area contributed by atoms with Crippen molar-refractivity contribution in [3.05, 3.63) is 35.8 Å². The van der Waals surface area contributed by atoms with Crippen molar-refractivity contribution in [1.82, 2.24) is 19.2 Å². The van der Waals surface area contributed by atoms with Gasteiger partial charge >= 0.3 is 0 Å². The maximum Gasteiger partial charge on any atom is 0.274 e. The van der Waals surface area contributed by atoms with Gasteiger partial charge in [-0.1, -0.05) is 6.07 Å². The van der Waals surface area contributed by atoms with Crippen LogP contribution in [0.3, 0.4) is 0 Å². The monoisotopic (exact) mass is 342 g/mol. The first-order valence-corrected chi connectivity index (χ1v) is 9.12. The molecule has 3 aliphatic heterocycles. The fourth-order valence-corrected chi connectivity index (χ4v) is 4.24. The van der Waals surface area contributed by atoms with Crippen molar-refractivity contribution in [2.45, 2.75) is 25.8 Å². The van der Waals surface area contributed by atoms with E-state index in [0.29, 0.717) is 17.7 Å². The molecule has 0 radical (unpaired) electrons. The highest BCUT2D eigenvalue weighted by Gasteiger charge is 2.36. The van der Waals surface area contributed by atoms with Crippen molar-refractivity contribution in [1.29, 1.82) is 0 Å². The Bertz CT molecular complexity index is 772. The van der Waals surface area contributed by atoms with Crippen LogP contribution in [-0.2, 0) is 4.74 Å². The third-order valence-electron chi connectivity index (χ3n) is 5.61. The number of hydrogen-bond donors (Lipinski definition) is 0. The van der Waals surface area contributed by atoms with E-state index in [0.717, 1.165) is 44.1 Å². The van der Waals surface area contributed by atoms with Crippen LogP contribution in [0.25, 0.3) is 5.65 Å². The predicted octanol–water partition coefficient (Wildman–Crippen LogP) is 1.83. The minimum absolute atomic E-state index is 0.0635. The van der Waals surface area contributed by atoms with Gasteiger partial charge in [-0.05, 0) is 37.8 Å². The van der Waals surface area contributed by atoms with E-state index in [-0.39, 0.29) is 5.91 Å². The van der Waals surface area contributed by atoms with Gasteiger partial charge in [0.1, 0.15) is 11.3 Å². The van der Waals surface area contributed by atoms with E-state index >= 15 is 0 Å². The van der Waals surface area contributed by atoms with Crippen LogP contribution in [0.15, 0.2) is 24.4 Å². The van der Waals surface area contributed by atoms with Crippen molar-refractivity contribution in [3.63, 3.8) is 0 Å². The molecule has 6 heteroatoms. The van der Waals surface area contributed by atoms with Gasteiger partial charge in [0.25, 0.3) is 5.91 Å². The summed E-state index contributed by atoms with van der Waals surface area (Å²) in [7, 11) is 1.75. The first-order chi connectivity index (χ1) is 12.2. The molecular weight excluding hydrogens is 316 g/mol. The summed E-state index contributed by atoms with van der Waals surface area (Å²) in [5.74, 6) is 0.618. The standard InChI is InChI=1S/C19H26N4O2/c1-14-4-3-5-18-20-17(13-23(14)18)19(24)22-11-15-6-7-16(12-22)21(10-15)8-9-25-2/h3-5,13,15-16H,6-12H2,1-2H3/t15-,16-/m1/s1. The van der Waals surface area contributed by atoms with Gasteiger partial charge in [0.05, 0.1) is 6.61 Å². The van der Waals surface area contributed by atoms with Crippen molar-refractivity contribution in [3.8, 4) is 0 Å². The summed E-state index contributed by atoms with van der Waals surface area (Å²) >= 11 is 0. The second-order valence-corrected chi connectivity index (χ2v) is 7.32. The molecule has 2 aromatic heterocycles. The number of imidazole rings is 1. The molecule has 1 amide bonds. The van der Waals surface area contributed by atoms with Gasteiger partial charge in [-0.25, -0.2) is 4.98 Å². The van der Waals surface area contributed by atoms with Gasteiger partial charge in [-0.2, -0.15) is 0 Å². The zero-order valence-electron chi connectivity index (χ0n) is 15.0. The number of carbonyl (C=O) groups excluding carboxylic acids is 1. The number of nitrogens with zero attached hydrogens (tertiary/aromatic N) is 4. The van der Waals surface area contributed by atoms with E-state index in [1.807, 2.05) is 40.6 Å². The minimum atomic E-state index is 0.0635. The number of rotatable bonds is 4. The van der Waals surface area contributed by atoms with Crippen LogP contribution in [0.5, 0.6) is 0 Å². The second-order valence-electron chi connectivity index (χ2n) is 7.32. The summed E-state index contributed by atoms with van der Waals surface area (Å²) in [4.78, 5) is 22.2. The number of piperidine rings is 1. The third kappa shape index (κ3) is 3.16. The molecule has 0 aliphatic carbocycles. The molecule has 0 unspecified atom stereocenters. The van der Waals surface area contributed by atoms with E-state index in [1.54, 1.807) is 7.11 Å². The molecule has 3 aliphatic rings. The molecule has 5 heterocycles. The van der Waals surface area contributed by atoms with E-state index in [9.17, 15) is 4.79 Å². The van der Waals surface area contributed by atoms with Gasteiger partial charge in [-0.3, -0.25) is 9.69 Å². The van der Waals surface area contributed by atoms with Crippen LogP contribution in [0.4, 0.5) is 0 Å². The summed E-state index contributed by atoms with van der Waals surface area (Å²) in [6.07, 6.45) is 4.26. The Hall–Kier alpha value is -1.92. The van der Waals surface area contributed by atoms with Crippen LogP contribution in [-0.4, -0.2) is 71.0 Å². The summed E-state index contributed by atoms with van der Waals surface area (Å²) in [6.45, 7) is 6.44. The molecule has 3 saturated heterocycles. The highest BCUT2D eigenvalue weighted by atomic mass is 16.5. The number of aromatic nitrogens is 2. The largest absolute Gasteiger partial charge is 0.383 e. The number of ether oxygens (including phenoxy) is 1. The molecular formula is C19H26N4O2. The number of hydrogen-bond acceptors (Lipinski definition) is 4. The molecule has 0 N–H and O–H groups in total. The van der Waals surface area contributed by atoms with Gasteiger partial charge in [0.15, 0.2) is 0 Å². The van der Waals surface area contributed by atoms with Crippen molar-refractivity contribution in [2.24, 2.45) is 5.92 Å². The van der Waals surface area contributed by atoms with Gasteiger partial charge < -0.3 is 14.0 Å². The minimum Gasteiger partial charge on any atom is -0.383 e. The summed E-state index contributed by atoms with van der Waals surface area (Å²) in [5, 5.41) is 0. The number of methoxy groups -OCH3 is 1. The van der Waals surface area contributed by atoms with E-state index in [1.165, 1.54) is 12.8 Å². The predicted molar refractivity (Wildman–Crippen MR) is 95.8 cm³/mol. The Morgan fingerprint density at radius 3 is 2.96 bits per heavy atom. The van der Waals surface area contributed by atoms with Crippen LogP contribution < -0.4 is 0 Å². The highest BCUT2D eigenvalue weighted by Crippen LogP contribution is 2.28. The maximum absolute atomic E-state index is 13.1. The maximum atomic E-state index is 13.1. The van der Waals surface area contributed by atoms with Crippen LogP contribution >= 0.6 is 0 Å². The number of carbonyl (C=O) groups is 1. The smallest absolute Gasteiger partial charge is 0.274 e. The van der Waals surface area contributed by atoms with Gasteiger partial charge in [0.2, 0.25) is 0 Å². The normalized spacial score (nSPS) is 24.0. The van der Waals surface area contributed by atoms with Crippen molar-refractivity contribution in [2.75, 3.05) is 39.9 Å². The Morgan fingerprint density at radius 2 is 2.16 bits per heavy atom. The highest BCUT2D eigenvalue weighted by molar-refractivity contribution is 5.93. The number of aryl methyl sites for hydroxylation is 1. The summed E-state index contributed by atoms with van der Waals surface area (Å²) in [5.41, 5.74) is 2.48. The second kappa shape index (κ2) is 6.77. The van der Waals surface area contributed by atoms with Crippen molar-refractivity contribution >= 4 is 11.6 Å². The van der Waals surface area contributed by atoms with Crippen LogP contribution in [0, 0.1) is 12.8 Å². The zero-order valence-corrected chi connectivity index (χ0v) is 15.0. The fourth-order valence-electron chi connectivity index (χ4n) is 4.24. The lowest BCUT2D eigenvalue weighted by molar-refractivity contribution is 0.0713. The molecule has 5 rings (SSSR count). The first-order valence-electron chi connectivity index (χ1n) is 9.12. The van der Waals surface area contributed by atoms with Crippen LogP contribution in [0.1, 0.15) is 29.0 Å². The number of amides is 1. The molecule has 2 atom stereocenters. The average Bonchev–Trinajstić information content (AvgIpc) is 2.85. The lowest BCUT2D eigenvalue weighted by Gasteiger charge is -2.35. The average molecular weight is 342 g/mol. The van der Waals surface area contributed by atoms with Crippen molar-refractivity contribution < 1.29 is 9.53 Å². The Kier molecular flexibility index (Phi) is 4.48. The zero-order chi connectivity index (χ0) is 17.4.